The van der Waals surface area contributed by atoms with Crippen LogP contribution in [0.1, 0.15) is 41.6 Å². The molecule has 0 bridgehead atoms. The molecule has 6 heteroatoms. The van der Waals surface area contributed by atoms with Crippen molar-refractivity contribution in [3.63, 3.8) is 0 Å². The van der Waals surface area contributed by atoms with Crippen LogP contribution >= 0.6 is 0 Å². The minimum Gasteiger partial charge on any atom is -0.474 e. The van der Waals surface area contributed by atoms with Crippen molar-refractivity contribution in [2.75, 3.05) is 0 Å². The van der Waals surface area contributed by atoms with E-state index in [1.165, 1.54) is 6.20 Å². The van der Waals surface area contributed by atoms with Crippen molar-refractivity contribution in [1.29, 1.82) is 5.26 Å². The molecule has 0 radical (unpaired) electrons. The number of nitrogens with zero attached hydrogens (tertiary/aromatic N) is 3. The van der Waals surface area contributed by atoms with Gasteiger partial charge in [0.15, 0.2) is 0 Å². The summed E-state index contributed by atoms with van der Waals surface area (Å²) in [5.74, 6) is 0.457. The van der Waals surface area contributed by atoms with Gasteiger partial charge < -0.3 is 10.1 Å². The molecule has 1 aliphatic rings. The Morgan fingerprint density at radius 2 is 2.04 bits per heavy atom. The van der Waals surface area contributed by atoms with Gasteiger partial charge in [0.2, 0.25) is 5.88 Å². The summed E-state index contributed by atoms with van der Waals surface area (Å²) >= 11 is 0. The highest BCUT2D eigenvalue weighted by atomic mass is 16.5. The van der Waals surface area contributed by atoms with E-state index in [0.717, 1.165) is 25.7 Å². The number of carbonyl (C=O) groups excluding carboxylic acids is 1. The van der Waals surface area contributed by atoms with Gasteiger partial charge in [-0.3, -0.25) is 9.78 Å². The van der Waals surface area contributed by atoms with Crippen LogP contribution in [0.15, 0.2) is 42.9 Å². The van der Waals surface area contributed by atoms with Gasteiger partial charge in [0, 0.05) is 30.7 Å². The Kier molecular flexibility index (Phi) is 5.02. The lowest BCUT2D eigenvalue weighted by atomic mass is 9.92. The van der Waals surface area contributed by atoms with Crippen LogP contribution in [0.4, 0.5) is 0 Å². The minimum atomic E-state index is -0.0822. The molecule has 1 fully saturated rings. The largest absolute Gasteiger partial charge is 0.474 e. The number of amides is 1. The molecule has 2 heterocycles. The Morgan fingerprint density at radius 3 is 2.67 bits per heavy atom. The molecule has 24 heavy (non-hydrogen) atoms. The van der Waals surface area contributed by atoms with E-state index in [1.807, 2.05) is 6.07 Å². The van der Waals surface area contributed by atoms with Gasteiger partial charge in [-0.05, 0) is 43.9 Å². The first-order valence-electron chi connectivity index (χ1n) is 7.98. The SMILES string of the molecule is N#Cc1ccc(OC2CCC(NC(=O)c3cccnc3)CC2)nc1. The number of aromatic nitrogens is 2. The minimum absolute atomic E-state index is 0.0822. The molecule has 0 unspecified atom stereocenters. The molecule has 0 aromatic carbocycles. The molecule has 1 N–H and O–H groups in total. The standard InChI is InChI=1S/C18H18N4O2/c19-10-13-3-8-17(21-11-13)24-16-6-4-15(5-7-16)22-18(23)14-2-1-9-20-12-14/h1-3,8-9,11-12,15-16H,4-7H2,(H,22,23). The van der Waals surface area contributed by atoms with Crippen LogP contribution in [-0.4, -0.2) is 28.0 Å². The van der Waals surface area contributed by atoms with Gasteiger partial charge in [-0.2, -0.15) is 5.26 Å². The summed E-state index contributed by atoms with van der Waals surface area (Å²) in [4.78, 5) is 20.2. The summed E-state index contributed by atoms with van der Waals surface area (Å²) < 4.78 is 5.85. The van der Waals surface area contributed by atoms with Crippen LogP contribution in [0.2, 0.25) is 0 Å². The molecule has 0 saturated heterocycles. The molecular formula is C18H18N4O2. The number of pyridine rings is 2. The van der Waals surface area contributed by atoms with E-state index in [1.54, 1.807) is 36.7 Å². The van der Waals surface area contributed by atoms with E-state index in [9.17, 15) is 4.79 Å². The number of nitriles is 1. The van der Waals surface area contributed by atoms with E-state index >= 15 is 0 Å². The molecule has 2 aromatic rings. The lowest BCUT2D eigenvalue weighted by Gasteiger charge is -2.29. The van der Waals surface area contributed by atoms with Crippen molar-refractivity contribution in [2.24, 2.45) is 0 Å². The zero-order chi connectivity index (χ0) is 16.8. The van der Waals surface area contributed by atoms with Crippen molar-refractivity contribution in [2.45, 2.75) is 37.8 Å². The Labute approximate surface area is 140 Å². The van der Waals surface area contributed by atoms with Crippen LogP contribution < -0.4 is 10.1 Å². The number of rotatable bonds is 4. The van der Waals surface area contributed by atoms with E-state index in [2.05, 4.69) is 15.3 Å². The number of hydrogen-bond acceptors (Lipinski definition) is 5. The predicted molar refractivity (Wildman–Crippen MR) is 87.3 cm³/mol. The second kappa shape index (κ2) is 7.55. The Hall–Kier alpha value is -2.94. The lowest BCUT2D eigenvalue weighted by Crippen LogP contribution is -2.39. The van der Waals surface area contributed by atoms with Crippen LogP contribution in [0.3, 0.4) is 0 Å². The molecule has 1 saturated carbocycles. The molecule has 0 atom stereocenters. The number of carbonyl (C=O) groups is 1. The van der Waals surface area contributed by atoms with Crippen molar-refractivity contribution >= 4 is 5.91 Å². The zero-order valence-corrected chi connectivity index (χ0v) is 13.2. The third-order valence-corrected chi connectivity index (χ3v) is 4.09. The second-order valence-corrected chi connectivity index (χ2v) is 5.80. The van der Waals surface area contributed by atoms with E-state index in [4.69, 9.17) is 10.00 Å². The Bertz CT molecular complexity index is 717. The summed E-state index contributed by atoms with van der Waals surface area (Å²) in [6.45, 7) is 0. The molecule has 6 nitrogen and oxygen atoms in total. The average molecular weight is 322 g/mol. The van der Waals surface area contributed by atoms with Crippen molar-refractivity contribution in [3.05, 3.63) is 54.0 Å². The van der Waals surface area contributed by atoms with Crippen LogP contribution in [0.25, 0.3) is 0 Å². The maximum Gasteiger partial charge on any atom is 0.253 e. The normalized spacial score (nSPS) is 20.0. The molecule has 3 rings (SSSR count). The Balaban J connectivity index is 1.47. The van der Waals surface area contributed by atoms with E-state index in [0.29, 0.717) is 17.0 Å². The number of nitrogens with one attached hydrogen (secondary N) is 1. The maximum absolute atomic E-state index is 12.1. The fraction of sp³-hybridized carbons (Fsp3) is 0.333. The molecular weight excluding hydrogens is 304 g/mol. The highest BCUT2D eigenvalue weighted by molar-refractivity contribution is 5.93. The van der Waals surface area contributed by atoms with E-state index in [-0.39, 0.29) is 18.1 Å². The van der Waals surface area contributed by atoms with Gasteiger partial charge in [-0.25, -0.2) is 4.98 Å². The summed E-state index contributed by atoms with van der Waals surface area (Å²) in [6, 6.07) is 9.12. The first kappa shape index (κ1) is 15.9. The first-order valence-corrected chi connectivity index (χ1v) is 7.98. The van der Waals surface area contributed by atoms with Gasteiger partial charge in [0.05, 0.1) is 11.1 Å². The topological polar surface area (TPSA) is 87.9 Å². The van der Waals surface area contributed by atoms with E-state index < -0.39 is 0 Å². The molecule has 1 amide bonds. The quantitative estimate of drug-likeness (QED) is 0.934. The molecule has 0 aliphatic heterocycles. The van der Waals surface area contributed by atoms with Crippen LogP contribution in [-0.2, 0) is 0 Å². The number of hydrogen-bond donors (Lipinski definition) is 1. The predicted octanol–water partition coefficient (Wildman–Crippen LogP) is 2.47. The second-order valence-electron chi connectivity index (χ2n) is 5.80. The molecule has 1 aliphatic carbocycles. The highest BCUT2D eigenvalue weighted by Gasteiger charge is 2.24. The fourth-order valence-corrected chi connectivity index (χ4v) is 2.78. The third kappa shape index (κ3) is 4.07. The smallest absolute Gasteiger partial charge is 0.253 e. The van der Waals surface area contributed by atoms with Gasteiger partial charge in [0.25, 0.3) is 5.91 Å². The average Bonchev–Trinajstić information content (AvgIpc) is 2.65. The van der Waals surface area contributed by atoms with Crippen molar-refractivity contribution in [1.82, 2.24) is 15.3 Å². The third-order valence-electron chi connectivity index (χ3n) is 4.09. The Morgan fingerprint density at radius 1 is 1.21 bits per heavy atom. The maximum atomic E-state index is 12.1. The molecule has 2 aromatic heterocycles. The summed E-state index contributed by atoms with van der Waals surface area (Å²) in [7, 11) is 0. The monoisotopic (exact) mass is 322 g/mol. The summed E-state index contributed by atoms with van der Waals surface area (Å²) in [5.41, 5.74) is 1.10. The zero-order valence-electron chi connectivity index (χ0n) is 13.2. The first-order chi connectivity index (χ1) is 11.7. The van der Waals surface area contributed by atoms with Gasteiger partial charge in [-0.1, -0.05) is 0 Å². The highest BCUT2D eigenvalue weighted by Crippen LogP contribution is 2.23. The fourth-order valence-electron chi connectivity index (χ4n) is 2.78. The van der Waals surface area contributed by atoms with Crippen LogP contribution in [0.5, 0.6) is 5.88 Å². The van der Waals surface area contributed by atoms with Crippen molar-refractivity contribution < 1.29 is 9.53 Å². The van der Waals surface area contributed by atoms with Gasteiger partial charge in [0.1, 0.15) is 12.2 Å². The number of ether oxygens (including phenoxy) is 1. The summed E-state index contributed by atoms with van der Waals surface area (Å²) in [6.07, 6.45) is 8.28. The van der Waals surface area contributed by atoms with Gasteiger partial charge in [-0.15, -0.1) is 0 Å². The molecule has 0 spiro atoms. The van der Waals surface area contributed by atoms with Crippen LogP contribution in [0, 0.1) is 11.3 Å². The summed E-state index contributed by atoms with van der Waals surface area (Å²) in [5, 5.41) is 11.8. The van der Waals surface area contributed by atoms with Crippen molar-refractivity contribution in [3.8, 4) is 11.9 Å². The van der Waals surface area contributed by atoms with Gasteiger partial charge >= 0.3 is 0 Å². The lowest BCUT2D eigenvalue weighted by molar-refractivity contribution is 0.0890. The molecule has 122 valence electrons.